The van der Waals surface area contributed by atoms with Gasteiger partial charge in [-0.25, -0.2) is 0 Å². The van der Waals surface area contributed by atoms with Gasteiger partial charge < -0.3 is 5.11 Å². The minimum atomic E-state index is -4.30. The summed E-state index contributed by atoms with van der Waals surface area (Å²) >= 11 is 0. The molecule has 1 aromatic carbocycles. The van der Waals surface area contributed by atoms with Crippen molar-refractivity contribution in [3.05, 3.63) is 23.8 Å². The first-order valence-corrected chi connectivity index (χ1v) is 4.62. The summed E-state index contributed by atoms with van der Waals surface area (Å²) < 4.78 is 29.7. The summed E-state index contributed by atoms with van der Waals surface area (Å²) in [5.41, 5.74) is 0.722. The molecule has 0 saturated carbocycles. The van der Waals surface area contributed by atoms with Crippen LogP contribution >= 0.6 is 0 Å². The Morgan fingerprint density at radius 3 is 2.23 bits per heavy atom. The zero-order chi connectivity index (χ0) is 9.35. The molecular formula is C7H9LiO4S. The Balaban J connectivity index is 0.00000144. The van der Waals surface area contributed by atoms with Gasteiger partial charge in [0.1, 0.15) is 10.6 Å². The molecule has 0 aromatic heterocycles. The van der Waals surface area contributed by atoms with Gasteiger partial charge in [0.05, 0.1) is 0 Å². The molecule has 0 aliphatic carbocycles. The molecule has 0 radical (unpaired) electrons. The van der Waals surface area contributed by atoms with Crippen molar-refractivity contribution < 1.29 is 18.1 Å². The number of aromatic hydroxyl groups is 1. The molecule has 0 amide bonds. The zero-order valence-electron chi connectivity index (χ0n) is 6.35. The van der Waals surface area contributed by atoms with Crippen LogP contribution in [0.2, 0.25) is 0 Å². The normalized spacial score (nSPS) is 10.6. The van der Waals surface area contributed by atoms with E-state index in [1.165, 1.54) is 12.1 Å². The Kier molecular flexibility index (Phi) is 4.01. The third kappa shape index (κ3) is 3.05. The molecule has 0 bridgehead atoms. The van der Waals surface area contributed by atoms with E-state index in [0.717, 1.165) is 11.6 Å². The van der Waals surface area contributed by atoms with E-state index < -0.39 is 20.8 Å². The van der Waals surface area contributed by atoms with Gasteiger partial charge in [-0.2, -0.15) is 8.42 Å². The van der Waals surface area contributed by atoms with E-state index in [2.05, 4.69) is 0 Å². The molecule has 1 rings (SSSR count). The van der Waals surface area contributed by atoms with Crippen LogP contribution in [-0.2, 0) is 10.1 Å². The molecule has 0 heterocycles. The van der Waals surface area contributed by atoms with Crippen molar-refractivity contribution in [2.45, 2.75) is 11.8 Å². The van der Waals surface area contributed by atoms with Crippen LogP contribution < -0.4 is 0 Å². The molecule has 13 heavy (non-hydrogen) atoms. The van der Waals surface area contributed by atoms with Crippen LogP contribution in [0.5, 0.6) is 5.75 Å². The third-order valence-corrected chi connectivity index (χ3v) is 2.29. The maximum absolute atomic E-state index is 10.6. The van der Waals surface area contributed by atoms with E-state index in [4.69, 9.17) is 9.66 Å². The third-order valence-electron chi connectivity index (χ3n) is 1.39. The maximum atomic E-state index is 10.6. The molecule has 68 valence electrons. The van der Waals surface area contributed by atoms with E-state index in [0.29, 0.717) is 0 Å². The summed E-state index contributed by atoms with van der Waals surface area (Å²) in [6.45, 7) is 1.70. The second kappa shape index (κ2) is 4.16. The van der Waals surface area contributed by atoms with Gasteiger partial charge in [0, 0.05) is 0 Å². The molecule has 4 nitrogen and oxygen atoms in total. The van der Waals surface area contributed by atoms with Crippen molar-refractivity contribution in [2.24, 2.45) is 0 Å². The fourth-order valence-corrected chi connectivity index (χ4v) is 1.41. The van der Waals surface area contributed by atoms with Crippen molar-refractivity contribution in [2.75, 3.05) is 0 Å². The summed E-state index contributed by atoms with van der Waals surface area (Å²) in [5.74, 6) is -0.433. The van der Waals surface area contributed by atoms with Crippen LogP contribution in [0, 0.1) is 6.92 Å². The molecular weight excluding hydrogens is 187 g/mol. The molecule has 0 aliphatic heterocycles. The van der Waals surface area contributed by atoms with E-state index in [9.17, 15) is 8.42 Å². The Labute approximate surface area is 88.5 Å². The Morgan fingerprint density at radius 2 is 1.85 bits per heavy atom. The van der Waals surface area contributed by atoms with Crippen LogP contribution in [0.4, 0.5) is 0 Å². The summed E-state index contributed by atoms with van der Waals surface area (Å²) in [6.07, 6.45) is 0. The first kappa shape index (κ1) is 12.5. The molecule has 1 aromatic rings. The summed E-state index contributed by atoms with van der Waals surface area (Å²) in [6, 6.07) is 3.91. The number of benzene rings is 1. The summed E-state index contributed by atoms with van der Waals surface area (Å²) in [4.78, 5) is -0.465. The predicted molar refractivity (Wildman–Crippen MR) is 49.8 cm³/mol. The molecule has 2 N–H and O–H groups in total. The average Bonchev–Trinajstić information content (AvgIpc) is 1.83. The van der Waals surface area contributed by atoms with Crippen molar-refractivity contribution in [3.8, 4) is 5.75 Å². The Morgan fingerprint density at radius 1 is 1.31 bits per heavy atom. The topological polar surface area (TPSA) is 74.6 Å². The predicted octanol–water partition coefficient (Wildman–Crippen LogP) is 0.299. The number of aryl methyl sites for hydroxylation is 1. The van der Waals surface area contributed by atoms with Crippen molar-refractivity contribution >= 4 is 29.0 Å². The SMILES string of the molecule is Cc1ccc(S(=O)(=O)O)c(O)c1.[LiH]. The summed E-state index contributed by atoms with van der Waals surface area (Å²) in [5, 5.41) is 9.09. The van der Waals surface area contributed by atoms with Crippen LogP contribution in [-0.4, -0.2) is 36.9 Å². The number of phenols is 1. The van der Waals surface area contributed by atoms with E-state index in [1.54, 1.807) is 6.92 Å². The first-order chi connectivity index (χ1) is 5.41. The standard InChI is InChI=1S/C7H8O4S.Li.H/c1-5-2-3-7(6(8)4-5)12(9,10)11;;/h2-4,8H,1H3,(H,9,10,11);;. The molecule has 0 spiro atoms. The molecule has 0 fully saturated rings. The first-order valence-electron chi connectivity index (χ1n) is 3.18. The van der Waals surface area contributed by atoms with Crippen molar-refractivity contribution in [3.63, 3.8) is 0 Å². The van der Waals surface area contributed by atoms with E-state index >= 15 is 0 Å². The van der Waals surface area contributed by atoms with Gasteiger partial charge in [0.25, 0.3) is 10.1 Å². The zero-order valence-corrected chi connectivity index (χ0v) is 7.17. The number of rotatable bonds is 1. The molecule has 0 aliphatic rings. The van der Waals surface area contributed by atoms with Crippen LogP contribution in [0.3, 0.4) is 0 Å². The summed E-state index contributed by atoms with van der Waals surface area (Å²) in [7, 11) is -4.30. The van der Waals surface area contributed by atoms with Gasteiger partial charge in [-0.1, -0.05) is 6.07 Å². The van der Waals surface area contributed by atoms with Crippen LogP contribution in [0.25, 0.3) is 0 Å². The fourth-order valence-electron chi connectivity index (χ4n) is 0.846. The number of phenolic OH excluding ortho intramolecular Hbond substituents is 1. The second-order valence-electron chi connectivity index (χ2n) is 2.45. The number of hydrogen-bond donors (Lipinski definition) is 2. The van der Waals surface area contributed by atoms with Gasteiger partial charge in [-0.15, -0.1) is 0 Å². The average molecular weight is 196 g/mol. The molecule has 0 atom stereocenters. The van der Waals surface area contributed by atoms with Crippen LogP contribution in [0.15, 0.2) is 23.1 Å². The second-order valence-corrected chi connectivity index (χ2v) is 3.84. The quantitative estimate of drug-likeness (QED) is 0.500. The number of hydrogen-bond acceptors (Lipinski definition) is 3. The minimum absolute atomic E-state index is 0. The van der Waals surface area contributed by atoms with Gasteiger partial charge in [0.2, 0.25) is 0 Å². The molecule has 0 saturated heterocycles. The Hall–Kier alpha value is -0.473. The van der Waals surface area contributed by atoms with E-state index in [-0.39, 0.29) is 18.9 Å². The monoisotopic (exact) mass is 196 g/mol. The van der Waals surface area contributed by atoms with Crippen LogP contribution in [0.1, 0.15) is 5.56 Å². The molecule has 6 heteroatoms. The van der Waals surface area contributed by atoms with Crippen molar-refractivity contribution in [1.29, 1.82) is 0 Å². The van der Waals surface area contributed by atoms with E-state index in [1.807, 2.05) is 0 Å². The van der Waals surface area contributed by atoms with Gasteiger partial charge in [-0.3, -0.25) is 4.55 Å². The Bertz CT molecular complexity index is 399. The van der Waals surface area contributed by atoms with Gasteiger partial charge >= 0.3 is 18.9 Å². The van der Waals surface area contributed by atoms with Crippen molar-refractivity contribution in [1.82, 2.24) is 0 Å². The van der Waals surface area contributed by atoms with Gasteiger partial charge in [-0.05, 0) is 24.6 Å². The molecule has 0 unspecified atom stereocenters. The fraction of sp³-hybridized carbons (Fsp3) is 0.143. The van der Waals surface area contributed by atoms with Gasteiger partial charge in [0.15, 0.2) is 0 Å².